The van der Waals surface area contributed by atoms with Crippen molar-refractivity contribution in [2.75, 3.05) is 19.0 Å². The molecule has 31 heavy (non-hydrogen) atoms. The summed E-state index contributed by atoms with van der Waals surface area (Å²) in [5.41, 5.74) is 4.46. The number of hydrogen-bond donors (Lipinski definition) is 2. The summed E-state index contributed by atoms with van der Waals surface area (Å²) < 4.78 is 11.4. The van der Waals surface area contributed by atoms with Gasteiger partial charge in [-0.1, -0.05) is 48.5 Å². The first-order valence-corrected chi connectivity index (χ1v) is 10.6. The Morgan fingerprint density at radius 3 is 2.48 bits per heavy atom. The number of aryl methyl sites for hydroxylation is 1. The summed E-state index contributed by atoms with van der Waals surface area (Å²) in [7, 11) is 1.66. The van der Waals surface area contributed by atoms with E-state index in [4.69, 9.17) is 9.47 Å². The molecule has 2 N–H and O–H groups in total. The van der Waals surface area contributed by atoms with Gasteiger partial charge in [0.25, 0.3) is 0 Å². The maximum atomic E-state index is 12.0. The zero-order chi connectivity index (χ0) is 21.9. The Bertz CT molecular complexity index is 973. The summed E-state index contributed by atoms with van der Waals surface area (Å²) in [6.45, 7) is 3.77. The molecule has 3 aromatic carbocycles. The number of carbonyl (C=O) groups is 1. The van der Waals surface area contributed by atoms with E-state index >= 15 is 0 Å². The van der Waals surface area contributed by atoms with Crippen molar-refractivity contribution in [1.29, 1.82) is 0 Å². The van der Waals surface area contributed by atoms with Gasteiger partial charge in [-0.3, -0.25) is 4.79 Å². The van der Waals surface area contributed by atoms with Gasteiger partial charge >= 0.3 is 0 Å². The largest absolute Gasteiger partial charge is 0.496 e. The molecule has 0 saturated carbocycles. The maximum Gasteiger partial charge on any atom is 0.220 e. The van der Waals surface area contributed by atoms with Crippen molar-refractivity contribution in [3.05, 3.63) is 89.5 Å². The number of para-hydroxylation sites is 1. The van der Waals surface area contributed by atoms with E-state index in [1.165, 1.54) is 5.56 Å². The average Bonchev–Trinajstić information content (AvgIpc) is 2.81. The Morgan fingerprint density at radius 1 is 0.935 bits per heavy atom. The number of nitrogens with one attached hydrogen (secondary N) is 2. The van der Waals surface area contributed by atoms with Crippen LogP contribution in [0.15, 0.2) is 72.8 Å². The number of methoxy groups -OCH3 is 1. The highest BCUT2D eigenvalue weighted by Gasteiger charge is 2.07. The smallest absolute Gasteiger partial charge is 0.220 e. The van der Waals surface area contributed by atoms with E-state index < -0.39 is 0 Å². The number of rotatable bonds is 11. The average molecular weight is 419 g/mol. The number of carbonyl (C=O) groups excluding carboxylic acids is 1. The fourth-order valence-electron chi connectivity index (χ4n) is 3.23. The molecule has 0 unspecified atom stereocenters. The predicted octanol–water partition coefficient (Wildman–Crippen LogP) is 5.09. The van der Waals surface area contributed by atoms with Crippen LogP contribution in [0.5, 0.6) is 11.5 Å². The lowest BCUT2D eigenvalue weighted by Crippen LogP contribution is -2.22. The first kappa shape index (κ1) is 22.2. The molecular weight excluding hydrogens is 388 g/mol. The monoisotopic (exact) mass is 418 g/mol. The van der Waals surface area contributed by atoms with Gasteiger partial charge in [0.2, 0.25) is 5.91 Å². The Hall–Kier alpha value is -3.47. The lowest BCUT2D eigenvalue weighted by Gasteiger charge is -2.14. The molecule has 1 amide bonds. The lowest BCUT2D eigenvalue weighted by molar-refractivity contribution is -0.121. The number of amides is 1. The summed E-state index contributed by atoms with van der Waals surface area (Å²) in [6, 6.07) is 23.9. The molecule has 0 atom stereocenters. The van der Waals surface area contributed by atoms with Gasteiger partial charge in [-0.25, -0.2) is 0 Å². The molecule has 0 aromatic heterocycles. The topological polar surface area (TPSA) is 59.6 Å². The summed E-state index contributed by atoms with van der Waals surface area (Å²) in [6.07, 6.45) is 1.09. The van der Waals surface area contributed by atoms with E-state index in [1.807, 2.05) is 60.7 Å². The van der Waals surface area contributed by atoms with E-state index in [1.54, 1.807) is 7.11 Å². The second kappa shape index (κ2) is 11.6. The molecule has 0 radical (unpaired) electrons. The first-order valence-electron chi connectivity index (χ1n) is 10.6. The minimum atomic E-state index is 0.0302. The van der Waals surface area contributed by atoms with Gasteiger partial charge in [-0.05, 0) is 42.7 Å². The van der Waals surface area contributed by atoms with Crippen LogP contribution in [0.25, 0.3) is 0 Å². The van der Waals surface area contributed by atoms with Crippen molar-refractivity contribution in [2.24, 2.45) is 0 Å². The second-order valence-corrected chi connectivity index (χ2v) is 7.36. The maximum absolute atomic E-state index is 12.0. The highest BCUT2D eigenvalue weighted by molar-refractivity contribution is 5.75. The fraction of sp³-hybridized carbons (Fsp3) is 0.269. The fourth-order valence-corrected chi connectivity index (χ4v) is 3.23. The molecule has 0 spiro atoms. The Kier molecular flexibility index (Phi) is 8.35. The van der Waals surface area contributed by atoms with Crippen LogP contribution in [-0.2, 0) is 17.9 Å². The minimum absolute atomic E-state index is 0.0302. The summed E-state index contributed by atoms with van der Waals surface area (Å²) >= 11 is 0. The number of hydrogen-bond acceptors (Lipinski definition) is 4. The van der Waals surface area contributed by atoms with Crippen LogP contribution in [-0.4, -0.2) is 19.6 Å². The summed E-state index contributed by atoms with van der Waals surface area (Å²) in [4.78, 5) is 12.0. The van der Waals surface area contributed by atoms with E-state index in [2.05, 4.69) is 29.7 Å². The van der Waals surface area contributed by atoms with Crippen LogP contribution in [0.1, 0.15) is 29.5 Å². The van der Waals surface area contributed by atoms with Crippen LogP contribution in [0, 0.1) is 6.92 Å². The summed E-state index contributed by atoms with van der Waals surface area (Å²) in [5, 5.41) is 6.38. The molecule has 3 rings (SSSR count). The van der Waals surface area contributed by atoms with E-state index in [0.717, 1.165) is 28.3 Å². The Balaban J connectivity index is 1.42. The van der Waals surface area contributed by atoms with Gasteiger partial charge in [-0.2, -0.15) is 0 Å². The van der Waals surface area contributed by atoms with E-state index in [-0.39, 0.29) is 5.91 Å². The van der Waals surface area contributed by atoms with Crippen molar-refractivity contribution < 1.29 is 14.3 Å². The quantitative estimate of drug-likeness (QED) is 0.426. The molecule has 0 aliphatic rings. The third-order valence-corrected chi connectivity index (χ3v) is 5.02. The van der Waals surface area contributed by atoms with Gasteiger partial charge in [0.05, 0.1) is 13.7 Å². The molecule has 162 valence electrons. The normalized spacial score (nSPS) is 10.4. The van der Waals surface area contributed by atoms with Crippen molar-refractivity contribution >= 4 is 11.6 Å². The predicted molar refractivity (Wildman–Crippen MR) is 125 cm³/mol. The molecule has 5 nitrogen and oxygen atoms in total. The molecule has 0 saturated heterocycles. The van der Waals surface area contributed by atoms with Gasteiger partial charge in [-0.15, -0.1) is 0 Å². The third kappa shape index (κ3) is 7.07. The highest BCUT2D eigenvalue weighted by Crippen LogP contribution is 2.26. The zero-order valence-corrected chi connectivity index (χ0v) is 18.2. The van der Waals surface area contributed by atoms with E-state index in [0.29, 0.717) is 32.5 Å². The van der Waals surface area contributed by atoms with Crippen LogP contribution < -0.4 is 20.1 Å². The van der Waals surface area contributed by atoms with Crippen molar-refractivity contribution in [3.63, 3.8) is 0 Å². The standard InChI is InChI=1S/C26H30N2O3/c1-20-9-6-7-12-24(20)27-19-22-14-15-23(17-25(22)30-2)31-16-8-13-26(29)28-18-21-10-4-3-5-11-21/h3-7,9-12,14-15,17,27H,8,13,16,18-19H2,1-2H3,(H,28,29). The molecule has 0 bridgehead atoms. The van der Waals surface area contributed by atoms with Gasteiger partial charge in [0.1, 0.15) is 11.5 Å². The zero-order valence-electron chi connectivity index (χ0n) is 18.2. The Labute approximate surface area is 184 Å². The molecule has 0 aliphatic carbocycles. The van der Waals surface area contributed by atoms with Crippen LogP contribution in [0.4, 0.5) is 5.69 Å². The minimum Gasteiger partial charge on any atom is -0.496 e. The SMILES string of the molecule is COc1cc(OCCCC(=O)NCc2ccccc2)ccc1CNc1ccccc1C. The summed E-state index contributed by atoms with van der Waals surface area (Å²) in [5.74, 6) is 1.54. The first-order chi connectivity index (χ1) is 15.2. The van der Waals surface area contributed by atoms with Gasteiger partial charge < -0.3 is 20.1 Å². The molecule has 5 heteroatoms. The molecule has 0 heterocycles. The number of anilines is 1. The van der Waals surface area contributed by atoms with Gasteiger partial charge in [0.15, 0.2) is 0 Å². The second-order valence-electron chi connectivity index (χ2n) is 7.36. The van der Waals surface area contributed by atoms with Crippen molar-refractivity contribution in [1.82, 2.24) is 5.32 Å². The highest BCUT2D eigenvalue weighted by atomic mass is 16.5. The molecule has 3 aromatic rings. The van der Waals surface area contributed by atoms with Crippen LogP contribution in [0.2, 0.25) is 0 Å². The third-order valence-electron chi connectivity index (χ3n) is 5.02. The van der Waals surface area contributed by atoms with Gasteiger partial charge in [0, 0.05) is 36.8 Å². The molecule has 0 fully saturated rings. The number of ether oxygens (including phenoxy) is 2. The van der Waals surface area contributed by atoms with Crippen LogP contribution >= 0.6 is 0 Å². The van der Waals surface area contributed by atoms with Crippen molar-refractivity contribution in [2.45, 2.75) is 32.9 Å². The Morgan fingerprint density at radius 2 is 1.71 bits per heavy atom. The molecule has 0 aliphatic heterocycles. The molecular formula is C26H30N2O3. The lowest BCUT2D eigenvalue weighted by atomic mass is 10.1. The van der Waals surface area contributed by atoms with Crippen LogP contribution in [0.3, 0.4) is 0 Å². The van der Waals surface area contributed by atoms with E-state index in [9.17, 15) is 4.79 Å². The van der Waals surface area contributed by atoms with Crippen molar-refractivity contribution in [3.8, 4) is 11.5 Å². The number of benzene rings is 3.